The first-order valence-electron chi connectivity index (χ1n) is 10.5. The maximum atomic E-state index is 13.8. The molecule has 35 heavy (non-hydrogen) atoms. The van der Waals surface area contributed by atoms with Gasteiger partial charge >= 0.3 is 5.97 Å². The van der Waals surface area contributed by atoms with Crippen LogP contribution in [-0.4, -0.2) is 38.7 Å². The SMILES string of the molecule is CN(c1ccc(N/C(=C2\C(=O)Nc3cc(F)ccc32)c2cccc(CC(=O)O)c2)cc1)S(C)(=O)=O. The molecule has 0 bridgehead atoms. The van der Waals surface area contributed by atoms with Crippen LogP contribution in [0.15, 0.2) is 66.7 Å². The van der Waals surface area contributed by atoms with Crippen molar-refractivity contribution in [2.45, 2.75) is 6.42 Å². The summed E-state index contributed by atoms with van der Waals surface area (Å²) >= 11 is 0. The molecule has 0 fully saturated rings. The molecule has 0 aromatic heterocycles. The summed E-state index contributed by atoms with van der Waals surface area (Å²) in [5.74, 6) is -1.92. The highest BCUT2D eigenvalue weighted by atomic mass is 32.2. The molecule has 0 atom stereocenters. The molecule has 1 heterocycles. The van der Waals surface area contributed by atoms with Crippen molar-refractivity contribution >= 4 is 50.2 Å². The highest BCUT2D eigenvalue weighted by Gasteiger charge is 2.29. The Hall–Kier alpha value is -4.18. The third kappa shape index (κ3) is 5.17. The van der Waals surface area contributed by atoms with Gasteiger partial charge in [0.1, 0.15) is 5.82 Å². The number of amides is 1. The lowest BCUT2D eigenvalue weighted by Gasteiger charge is -2.18. The molecule has 4 rings (SSSR count). The Morgan fingerprint density at radius 3 is 2.46 bits per heavy atom. The minimum absolute atomic E-state index is 0.197. The van der Waals surface area contributed by atoms with E-state index in [2.05, 4.69) is 10.6 Å². The van der Waals surface area contributed by atoms with E-state index >= 15 is 0 Å². The number of halogens is 1. The van der Waals surface area contributed by atoms with Crippen molar-refractivity contribution in [1.29, 1.82) is 0 Å². The molecule has 0 aliphatic carbocycles. The highest BCUT2D eigenvalue weighted by molar-refractivity contribution is 7.92. The van der Waals surface area contributed by atoms with Gasteiger partial charge in [0.05, 0.1) is 35.3 Å². The van der Waals surface area contributed by atoms with E-state index in [1.54, 1.807) is 48.5 Å². The van der Waals surface area contributed by atoms with Crippen LogP contribution in [0, 0.1) is 5.82 Å². The van der Waals surface area contributed by atoms with Crippen LogP contribution in [0.1, 0.15) is 16.7 Å². The van der Waals surface area contributed by atoms with Gasteiger partial charge in [-0.1, -0.05) is 18.2 Å². The van der Waals surface area contributed by atoms with Gasteiger partial charge in [0.2, 0.25) is 10.0 Å². The van der Waals surface area contributed by atoms with Crippen molar-refractivity contribution in [3.63, 3.8) is 0 Å². The van der Waals surface area contributed by atoms with Crippen LogP contribution in [0.3, 0.4) is 0 Å². The largest absolute Gasteiger partial charge is 0.481 e. The van der Waals surface area contributed by atoms with Gasteiger partial charge < -0.3 is 15.7 Å². The normalized spacial score (nSPS) is 14.2. The minimum atomic E-state index is -3.43. The number of rotatable bonds is 7. The van der Waals surface area contributed by atoms with Gasteiger partial charge in [0.15, 0.2) is 0 Å². The molecular weight excluding hydrogens is 473 g/mol. The molecule has 0 saturated heterocycles. The number of carboxylic acid groups (broad SMARTS) is 1. The zero-order chi connectivity index (χ0) is 25.3. The number of aliphatic carboxylic acids is 1. The van der Waals surface area contributed by atoms with Gasteiger partial charge in [0, 0.05) is 18.3 Å². The van der Waals surface area contributed by atoms with E-state index in [0.29, 0.717) is 39.4 Å². The fourth-order valence-electron chi connectivity index (χ4n) is 3.77. The van der Waals surface area contributed by atoms with Crippen LogP contribution in [0.5, 0.6) is 0 Å². The molecule has 1 aliphatic heterocycles. The minimum Gasteiger partial charge on any atom is -0.481 e. The van der Waals surface area contributed by atoms with Gasteiger partial charge in [-0.15, -0.1) is 0 Å². The standard InChI is InChI=1S/C25H22FN3O5S/c1-29(35(2,33)34)19-9-7-18(8-10-19)27-24(16-5-3-4-15(12-16)13-22(30)31)23-20-11-6-17(26)14-21(20)28-25(23)32/h3-12,14,27H,13H2,1-2H3,(H,28,32)(H,30,31)/b24-23-. The van der Waals surface area contributed by atoms with Gasteiger partial charge in [0.25, 0.3) is 5.91 Å². The van der Waals surface area contributed by atoms with Crippen LogP contribution in [0.4, 0.5) is 21.5 Å². The van der Waals surface area contributed by atoms with Crippen molar-refractivity contribution in [1.82, 2.24) is 0 Å². The number of hydrogen-bond acceptors (Lipinski definition) is 5. The fourth-order valence-corrected chi connectivity index (χ4v) is 4.28. The van der Waals surface area contributed by atoms with Crippen LogP contribution in [0.2, 0.25) is 0 Å². The molecule has 8 nitrogen and oxygen atoms in total. The summed E-state index contributed by atoms with van der Waals surface area (Å²) < 4.78 is 38.6. The topological polar surface area (TPSA) is 116 Å². The lowest BCUT2D eigenvalue weighted by molar-refractivity contribution is -0.136. The molecule has 3 aromatic carbocycles. The van der Waals surface area contributed by atoms with E-state index in [1.165, 1.54) is 25.2 Å². The van der Waals surface area contributed by atoms with E-state index in [0.717, 1.165) is 10.6 Å². The van der Waals surface area contributed by atoms with Crippen molar-refractivity contribution in [3.8, 4) is 0 Å². The van der Waals surface area contributed by atoms with E-state index in [4.69, 9.17) is 0 Å². The Morgan fingerprint density at radius 1 is 1.09 bits per heavy atom. The summed E-state index contributed by atoms with van der Waals surface area (Å²) in [4.78, 5) is 24.2. The number of fused-ring (bicyclic) bond motifs is 1. The number of carbonyl (C=O) groups is 2. The lowest BCUT2D eigenvalue weighted by Crippen LogP contribution is -2.24. The van der Waals surface area contributed by atoms with Crippen molar-refractivity contribution in [3.05, 3.63) is 89.2 Å². The van der Waals surface area contributed by atoms with Crippen molar-refractivity contribution in [2.75, 3.05) is 28.2 Å². The molecule has 3 N–H and O–H groups in total. The number of anilines is 3. The summed E-state index contributed by atoms with van der Waals surface area (Å²) in [6, 6.07) is 17.3. The summed E-state index contributed by atoms with van der Waals surface area (Å²) in [6.45, 7) is 0. The second-order valence-corrected chi connectivity index (χ2v) is 10.1. The van der Waals surface area contributed by atoms with Crippen LogP contribution in [0.25, 0.3) is 11.3 Å². The quantitative estimate of drug-likeness (QED) is 0.430. The summed E-state index contributed by atoms with van der Waals surface area (Å²) in [5, 5.41) is 15.1. The summed E-state index contributed by atoms with van der Waals surface area (Å²) in [7, 11) is -1.99. The van der Waals surface area contributed by atoms with Gasteiger partial charge in [-0.05, 0) is 59.7 Å². The summed E-state index contributed by atoms with van der Waals surface area (Å²) in [6.07, 6.45) is 0.905. The van der Waals surface area contributed by atoms with E-state index in [-0.39, 0.29) is 12.0 Å². The molecule has 0 unspecified atom stereocenters. The molecule has 0 spiro atoms. The number of carbonyl (C=O) groups excluding carboxylic acids is 1. The summed E-state index contributed by atoms with van der Waals surface area (Å²) in [5.41, 5.74) is 3.60. The Bertz CT molecular complexity index is 1470. The predicted molar refractivity (Wildman–Crippen MR) is 133 cm³/mol. The Balaban J connectivity index is 1.82. The maximum Gasteiger partial charge on any atom is 0.307 e. The fraction of sp³-hybridized carbons (Fsp3) is 0.120. The monoisotopic (exact) mass is 495 g/mol. The van der Waals surface area contributed by atoms with Gasteiger partial charge in [-0.2, -0.15) is 0 Å². The number of sulfonamides is 1. The third-order valence-electron chi connectivity index (χ3n) is 5.54. The van der Waals surface area contributed by atoms with E-state index < -0.39 is 27.7 Å². The number of benzene rings is 3. The first-order chi connectivity index (χ1) is 16.5. The highest BCUT2D eigenvalue weighted by Crippen LogP contribution is 2.38. The number of hydrogen-bond donors (Lipinski definition) is 3. The van der Waals surface area contributed by atoms with Gasteiger partial charge in [-0.3, -0.25) is 13.9 Å². The Kier molecular flexibility index (Phi) is 6.31. The second kappa shape index (κ2) is 9.22. The average molecular weight is 496 g/mol. The lowest BCUT2D eigenvalue weighted by atomic mass is 9.98. The van der Waals surface area contributed by atoms with Gasteiger partial charge in [-0.25, -0.2) is 12.8 Å². The smallest absolute Gasteiger partial charge is 0.307 e. The van der Waals surface area contributed by atoms with Crippen molar-refractivity contribution in [2.24, 2.45) is 0 Å². The molecule has 10 heteroatoms. The van der Waals surface area contributed by atoms with E-state index in [9.17, 15) is 27.5 Å². The number of carboxylic acids is 1. The predicted octanol–water partition coefficient (Wildman–Crippen LogP) is 3.78. The molecule has 1 amide bonds. The first-order valence-corrected chi connectivity index (χ1v) is 12.4. The molecule has 0 radical (unpaired) electrons. The average Bonchev–Trinajstić information content (AvgIpc) is 3.11. The third-order valence-corrected chi connectivity index (χ3v) is 6.75. The van der Waals surface area contributed by atoms with Crippen LogP contribution >= 0.6 is 0 Å². The van der Waals surface area contributed by atoms with E-state index in [1.807, 2.05) is 0 Å². The molecule has 0 saturated carbocycles. The first kappa shape index (κ1) is 24.0. The zero-order valence-electron chi connectivity index (χ0n) is 18.9. The molecule has 1 aliphatic rings. The van der Waals surface area contributed by atoms with Crippen LogP contribution < -0.4 is 14.9 Å². The molecular formula is C25H22FN3O5S. The number of nitrogens with zero attached hydrogens (tertiary/aromatic N) is 1. The Morgan fingerprint density at radius 2 is 1.80 bits per heavy atom. The molecule has 3 aromatic rings. The number of nitrogens with one attached hydrogen (secondary N) is 2. The Labute approximate surface area is 201 Å². The van der Waals surface area contributed by atoms with Crippen LogP contribution in [-0.2, 0) is 26.0 Å². The van der Waals surface area contributed by atoms with Crippen molar-refractivity contribution < 1.29 is 27.5 Å². The second-order valence-electron chi connectivity index (χ2n) is 8.07. The maximum absolute atomic E-state index is 13.8. The zero-order valence-corrected chi connectivity index (χ0v) is 19.7. The molecule has 180 valence electrons.